The highest BCUT2D eigenvalue weighted by molar-refractivity contribution is 6.30. The third kappa shape index (κ3) is 4.56. The van der Waals surface area contributed by atoms with Crippen LogP contribution in [0.1, 0.15) is 15.9 Å². The van der Waals surface area contributed by atoms with Crippen molar-refractivity contribution in [1.29, 1.82) is 0 Å². The molecule has 6 heteroatoms. The molecule has 22 heavy (non-hydrogen) atoms. The molecule has 1 N–H and O–H groups in total. The number of ether oxygens (including phenoxy) is 1. The monoisotopic (exact) mass is 321 g/mol. The highest BCUT2D eigenvalue weighted by atomic mass is 35.5. The van der Waals surface area contributed by atoms with Gasteiger partial charge < -0.3 is 10.1 Å². The van der Waals surface area contributed by atoms with Gasteiger partial charge in [-0.25, -0.2) is 9.18 Å². The van der Waals surface area contributed by atoms with Gasteiger partial charge in [-0.2, -0.15) is 0 Å². The first-order valence-corrected chi connectivity index (χ1v) is 6.87. The fraction of sp³-hybridized carbons (Fsp3) is 0.125. The molecule has 0 aromatic heterocycles. The van der Waals surface area contributed by atoms with E-state index in [1.807, 2.05) is 30.3 Å². The zero-order valence-corrected chi connectivity index (χ0v) is 12.3. The first-order valence-electron chi connectivity index (χ1n) is 6.49. The fourth-order valence-electron chi connectivity index (χ4n) is 1.71. The lowest BCUT2D eigenvalue weighted by Gasteiger charge is -2.07. The third-order valence-corrected chi connectivity index (χ3v) is 3.05. The smallest absolute Gasteiger partial charge is 0.341 e. The molecule has 2 aromatic rings. The van der Waals surface area contributed by atoms with Crippen molar-refractivity contribution in [3.63, 3.8) is 0 Å². The minimum absolute atomic E-state index is 0.210. The molecule has 4 nitrogen and oxygen atoms in total. The number of halogens is 2. The van der Waals surface area contributed by atoms with Gasteiger partial charge in [0.05, 0.1) is 5.56 Å². The molecule has 0 saturated carbocycles. The van der Waals surface area contributed by atoms with Crippen LogP contribution in [0.15, 0.2) is 48.5 Å². The SMILES string of the molecule is O=C(COC(=O)c1cc(Cl)ccc1F)NCc1ccccc1. The molecule has 0 fully saturated rings. The Balaban J connectivity index is 1.83. The van der Waals surface area contributed by atoms with Crippen LogP contribution in [0.25, 0.3) is 0 Å². The van der Waals surface area contributed by atoms with Crippen molar-refractivity contribution in [3.05, 3.63) is 70.5 Å². The molecule has 0 saturated heterocycles. The average Bonchev–Trinajstić information content (AvgIpc) is 2.54. The van der Waals surface area contributed by atoms with Crippen LogP contribution >= 0.6 is 11.6 Å². The highest BCUT2D eigenvalue weighted by Gasteiger charge is 2.15. The summed E-state index contributed by atoms with van der Waals surface area (Å²) in [6.45, 7) is -0.166. The van der Waals surface area contributed by atoms with Crippen molar-refractivity contribution in [2.75, 3.05) is 6.61 Å². The van der Waals surface area contributed by atoms with Crippen LogP contribution in [0.5, 0.6) is 0 Å². The Kier molecular flexibility index (Phi) is 5.49. The highest BCUT2D eigenvalue weighted by Crippen LogP contribution is 2.15. The summed E-state index contributed by atoms with van der Waals surface area (Å²) in [6.07, 6.45) is 0. The van der Waals surface area contributed by atoms with Crippen LogP contribution in [0.3, 0.4) is 0 Å². The van der Waals surface area contributed by atoms with Gasteiger partial charge in [-0.05, 0) is 23.8 Å². The summed E-state index contributed by atoms with van der Waals surface area (Å²) >= 11 is 5.69. The molecular weight excluding hydrogens is 309 g/mol. The second-order valence-electron chi connectivity index (χ2n) is 4.46. The maximum Gasteiger partial charge on any atom is 0.341 e. The predicted octanol–water partition coefficient (Wildman–Crippen LogP) is 2.95. The van der Waals surface area contributed by atoms with Gasteiger partial charge in [0, 0.05) is 11.6 Å². The summed E-state index contributed by atoms with van der Waals surface area (Å²) in [4.78, 5) is 23.3. The van der Waals surface area contributed by atoms with Crippen molar-refractivity contribution in [2.24, 2.45) is 0 Å². The number of hydrogen-bond donors (Lipinski definition) is 1. The second kappa shape index (κ2) is 7.56. The summed E-state index contributed by atoms with van der Waals surface area (Å²) in [5, 5.41) is 2.81. The van der Waals surface area contributed by atoms with E-state index >= 15 is 0 Å². The Labute approximate surface area is 131 Å². The van der Waals surface area contributed by atoms with E-state index in [4.69, 9.17) is 16.3 Å². The fourth-order valence-corrected chi connectivity index (χ4v) is 1.88. The molecule has 0 spiro atoms. The second-order valence-corrected chi connectivity index (χ2v) is 4.90. The van der Waals surface area contributed by atoms with Crippen LogP contribution in [0.2, 0.25) is 5.02 Å². The molecule has 2 rings (SSSR count). The number of carbonyl (C=O) groups is 2. The van der Waals surface area contributed by atoms with E-state index in [0.29, 0.717) is 6.54 Å². The van der Waals surface area contributed by atoms with Gasteiger partial charge in [-0.15, -0.1) is 0 Å². The Morgan fingerprint density at radius 2 is 1.86 bits per heavy atom. The van der Waals surface area contributed by atoms with E-state index in [1.54, 1.807) is 0 Å². The van der Waals surface area contributed by atoms with E-state index < -0.39 is 24.3 Å². The van der Waals surface area contributed by atoms with Crippen LogP contribution in [-0.2, 0) is 16.1 Å². The number of nitrogens with one attached hydrogen (secondary N) is 1. The summed E-state index contributed by atoms with van der Waals surface area (Å²) < 4.78 is 18.2. The zero-order chi connectivity index (χ0) is 15.9. The Morgan fingerprint density at radius 3 is 2.59 bits per heavy atom. The van der Waals surface area contributed by atoms with Gasteiger partial charge in [0.15, 0.2) is 6.61 Å². The first-order chi connectivity index (χ1) is 10.6. The molecule has 0 bridgehead atoms. The minimum atomic E-state index is -0.935. The van der Waals surface area contributed by atoms with E-state index in [9.17, 15) is 14.0 Å². The first kappa shape index (κ1) is 16.0. The van der Waals surface area contributed by atoms with Crippen molar-refractivity contribution in [2.45, 2.75) is 6.54 Å². The van der Waals surface area contributed by atoms with Crippen LogP contribution < -0.4 is 5.32 Å². The summed E-state index contributed by atoms with van der Waals surface area (Å²) in [6, 6.07) is 12.8. The topological polar surface area (TPSA) is 55.4 Å². The molecule has 0 heterocycles. The van der Waals surface area contributed by atoms with Crippen molar-refractivity contribution >= 4 is 23.5 Å². The standard InChI is InChI=1S/C16H13ClFNO3/c17-12-6-7-14(18)13(8-12)16(21)22-10-15(20)19-9-11-4-2-1-3-5-11/h1-8H,9-10H2,(H,19,20). The molecule has 0 aliphatic heterocycles. The molecule has 1 amide bonds. The molecule has 0 radical (unpaired) electrons. The van der Waals surface area contributed by atoms with Gasteiger partial charge >= 0.3 is 5.97 Å². The van der Waals surface area contributed by atoms with E-state index in [0.717, 1.165) is 17.7 Å². The van der Waals surface area contributed by atoms with Crippen LogP contribution in [-0.4, -0.2) is 18.5 Å². The molecule has 0 unspecified atom stereocenters. The van der Waals surface area contributed by atoms with E-state index in [-0.39, 0.29) is 10.6 Å². The Bertz CT molecular complexity index is 676. The van der Waals surface area contributed by atoms with Gasteiger partial charge in [0.1, 0.15) is 5.82 Å². The number of carbonyl (C=O) groups excluding carboxylic acids is 2. The molecular formula is C16H13ClFNO3. The van der Waals surface area contributed by atoms with Gasteiger partial charge in [-0.1, -0.05) is 41.9 Å². The maximum atomic E-state index is 13.5. The average molecular weight is 322 g/mol. The third-order valence-electron chi connectivity index (χ3n) is 2.82. The Morgan fingerprint density at radius 1 is 1.14 bits per heavy atom. The van der Waals surface area contributed by atoms with E-state index in [1.165, 1.54) is 6.07 Å². The predicted molar refractivity (Wildman–Crippen MR) is 80.0 cm³/mol. The van der Waals surface area contributed by atoms with Crippen molar-refractivity contribution in [1.82, 2.24) is 5.32 Å². The lowest BCUT2D eigenvalue weighted by atomic mass is 10.2. The summed E-state index contributed by atoms with van der Waals surface area (Å²) in [5.74, 6) is -2.16. The zero-order valence-electron chi connectivity index (χ0n) is 11.5. The van der Waals surface area contributed by atoms with Gasteiger partial charge in [0.2, 0.25) is 0 Å². The van der Waals surface area contributed by atoms with Crippen molar-refractivity contribution < 1.29 is 18.7 Å². The van der Waals surface area contributed by atoms with Crippen molar-refractivity contribution in [3.8, 4) is 0 Å². The number of hydrogen-bond acceptors (Lipinski definition) is 3. The Hall–Kier alpha value is -2.40. The minimum Gasteiger partial charge on any atom is -0.452 e. The quantitative estimate of drug-likeness (QED) is 0.861. The lowest BCUT2D eigenvalue weighted by molar-refractivity contribution is -0.124. The van der Waals surface area contributed by atoms with Crippen LogP contribution in [0, 0.1) is 5.82 Å². The molecule has 0 aliphatic rings. The van der Waals surface area contributed by atoms with E-state index in [2.05, 4.69) is 5.32 Å². The normalized spacial score (nSPS) is 10.1. The number of amides is 1. The maximum absolute atomic E-state index is 13.5. The molecule has 114 valence electrons. The van der Waals surface area contributed by atoms with Gasteiger partial charge in [-0.3, -0.25) is 4.79 Å². The molecule has 0 aliphatic carbocycles. The summed E-state index contributed by atoms with van der Waals surface area (Å²) in [5.41, 5.74) is 0.617. The number of esters is 1. The number of benzene rings is 2. The van der Waals surface area contributed by atoms with Crippen LogP contribution in [0.4, 0.5) is 4.39 Å². The number of rotatable bonds is 5. The lowest BCUT2D eigenvalue weighted by Crippen LogP contribution is -2.28. The molecule has 0 atom stereocenters. The summed E-state index contributed by atoms with van der Waals surface area (Å²) in [7, 11) is 0. The van der Waals surface area contributed by atoms with Gasteiger partial charge in [0.25, 0.3) is 5.91 Å². The largest absolute Gasteiger partial charge is 0.452 e. The molecule has 2 aromatic carbocycles.